The Morgan fingerprint density at radius 1 is 1.55 bits per heavy atom. The van der Waals surface area contributed by atoms with Gasteiger partial charge in [-0.3, -0.25) is 9.67 Å². The monoisotopic (exact) mass is 149 g/mol. The normalized spacial score (nSPS) is 15.1. The molecule has 0 saturated carbocycles. The van der Waals surface area contributed by atoms with Crippen molar-refractivity contribution in [3.8, 4) is 0 Å². The van der Waals surface area contributed by atoms with Gasteiger partial charge >= 0.3 is 0 Å². The Morgan fingerprint density at radius 2 is 2.36 bits per heavy atom. The first-order valence-electron chi connectivity index (χ1n) is 3.81. The van der Waals surface area contributed by atoms with Crippen molar-refractivity contribution < 1.29 is 0 Å². The minimum atomic E-state index is 0.916. The SMILES string of the molecule is Cc1c2c(nn1C)C=NCC2. The number of aromatic nitrogens is 2. The summed E-state index contributed by atoms with van der Waals surface area (Å²) in [6.07, 6.45) is 2.91. The van der Waals surface area contributed by atoms with E-state index in [-0.39, 0.29) is 0 Å². The summed E-state index contributed by atoms with van der Waals surface area (Å²) in [5.41, 5.74) is 3.69. The van der Waals surface area contributed by atoms with Crippen LogP contribution < -0.4 is 0 Å². The molecule has 2 rings (SSSR count). The third-order valence-electron chi connectivity index (χ3n) is 2.19. The third kappa shape index (κ3) is 0.878. The van der Waals surface area contributed by atoms with Crippen LogP contribution >= 0.6 is 0 Å². The van der Waals surface area contributed by atoms with Crippen molar-refractivity contribution in [1.82, 2.24) is 9.78 Å². The quantitative estimate of drug-likeness (QED) is 0.534. The lowest BCUT2D eigenvalue weighted by molar-refractivity contribution is 0.737. The summed E-state index contributed by atoms with van der Waals surface area (Å²) in [7, 11) is 1.97. The van der Waals surface area contributed by atoms with Gasteiger partial charge < -0.3 is 0 Å². The van der Waals surface area contributed by atoms with Crippen molar-refractivity contribution in [2.75, 3.05) is 6.54 Å². The molecular weight excluding hydrogens is 138 g/mol. The van der Waals surface area contributed by atoms with Gasteiger partial charge in [-0.15, -0.1) is 0 Å². The van der Waals surface area contributed by atoms with Crippen molar-refractivity contribution in [2.24, 2.45) is 12.0 Å². The van der Waals surface area contributed by atoms with E-state index in [1.54, 1.807) is 0 Å². The fourth-order valence-corrected chi connectivity index (χ4v) is 1.42. The fraction of sp³-hybridized carbons (Fsp3) is 0.500. The van der Waals surface area contributed by atoms with Crippen molar-refractivity contribution in [3.05, 3.63) is 17.0 Å². The van der Waals surface area contributed by atoms with E-state index in [0.29, 0.717) is 0 Å². The Balaban J connectivity index is 2.61. The maximum absolute atomic E-state index is 4.32. The van der Waals surface area contributed by atoms with Crippen LogP contribution in [-0.4, -0.2) is 22.5 Å². The second-order valence-electron chi connectivity index (χ2n) is 2.86. The summed E-state index contributed by atoms with van der Waals surface area (Å²) >= 11 is 0. The fourth-order valence-electron chi connectivity index (χ4n) is 1.42. The summed E-state index contributed by atoms with van der Waals surface area (Å²) in [6, 6.07) is 0. The van der Waals surface area contributed by atoms with E-state index < -0.39 is 0 Å². The minimum absolute atomic E-state index is 0.916. The Labute approximate surface area is 65.8 Å². The zero-order valence-corrected chi connectivity index (χ0v) is 6.83. The van der Waals surface area contributed by atoms with Gasteiger partial charge in [0.2, 0.25) is 0 Å². The van der Waals surface area contributed by atoms with Crippen LogP contribution in [0.4, 0.5) is 0 Å². The van der Waals surface area contributed by atoms with Gasteiger partial charge in [0.15, 0.2) is 0 Å². The molecule has 3 nitrogen and oxygen atoms in total. The largest absolute Gasteiger partial charge is 0.291 e. The van der Waals surface area contributed by atoms with Crippen LogP contribution in [-0.2, 0) is 13.5 Å². The Morgan fingerprint density at radius 3 is 3.09 bits per heavy atom. The number of hydrogen-bond acceptors (Lipinski definition) is 2. The minimum Gasteiger partial charge on any atom is -0.291 e. The number of fused-ring (bicyclic) bond motifs is 1. The summed E-state index contributed by atoms with van der Waals surface area (Å²) in [5.74, 6) is 0. The molecule has 2 heterocycles. The molecule has 0 aromatic carbocycles. The van der Waals surface area contributed by atoms with E-state index in [2.05, 4.69) is 17.0 Å². The lowest BCUT2D eigenvalue weighted by Crippen LogP contribution is -2.01. The third-order valence-corrected chi connectivity index (χ3v) is 2.19. The summed E-state index contributed by atoms with van der Waals surface area (Å²) < 4.78 is 1.92. The summed E-state index contributed by atoms with van der Waals surface area (Å²) in [5, 5.41) is 4.32. The van der Waals surface area contributed by atoms with Crippen LogP contribution in [0.15, 0.2) is 4.99 Å². The van der Waals surface area contributed by atoms with Crippen molar-refractivity contribution >= 4 is 6.21 Å². The Bertz CT molecular complexity index is 309. The molecule has 0 amide bonds. The Kier molecular flexibility index (Phi) is 1.31. The van der Waals surface area contributed by atoms with Gasteiger partial charge in [-0.1, -0.05) is 0 Å². The predicted molar refractivity (Wildman–Crippen MR) is 44.1 cm³/mol. The standard InChI is InChI=1S/C8H11N3/c1-6-7-3-4-9-5-8(7)10-11(6)2/h5H,3-4H2,1-2H3. The van der Waals surface area contributed by atoms with Gasteiger partial charge in [0.05, 0.1) is 0 Å². The number of nitrogens with zero attached hydrogens (tertiary/aromatic N) is 3. The number of hydrogen-bond donors (Lipinski definition) is 0. The van der Waals surface area contributed by atoms with Crippen LogP contribution in [0.2, 0.25) is 0 Å². The van der Waals surface area contributed by atoms with Crippen LogP contribution in [0.1, 0.15) is 17.0 Å². The van der Waals surface area contributed by atoms with Crippen LogP contribution in [0.5, 0.6) is 0 Å². The molecule has 0 spiro atoms. The first-order valence-corrected chi connectivity index (χ1v) is 3.81. The topological polar surface area (TPSA) is 30.2 Å². The van der Waals surface area contributed by atoms with Crippen LogP contribution in [0.25, 0.3) is 0 Å². The lowest BCUT2D eigenvalue weighted by atomic mass is 10.1. The maximum Gasteiger partial charge on any atom is 0.106 e. The second-order valence-corrected chi connectivity index (χ2v) is 2.86. The number of aliphatic imine (C=N–C) groups is 1. The van der Waals surface area contributed by atoms with Crippen LogP contribution in [0, 0.1) is 6.92 Å². The van der Waals surface area contributed by atoms with Crippen molar-refractivity contribution in [1.29, 1.82) is 0 Å². The van der Waals surface area contributed by atoms with E-state index >= 15 is 0 Å². The van der Waals surface area contributed by atoms with Gasteiger partial charge in [-0.2, -0.15) is 5.10 Å². The van der Waals surface area contributed by atoms with Gasteiger partial charge in [-0.05, 0) is 13.3 Å². The molecular formula is C8H11N3. The molecule has 1 aromatic rings. The average Bonchev–Trinajstić information content (AvgIpc) is 2.30. The summed E-state index contributed by atoms with van der Waals surface area (Å²) in [6.45, 7) is 3.02. The van der Waals surface area contributed by atoms with Gasteiger partial charge in [0.1, 0.15) is 5.69 Å². The molecule has 0 bridgehead atoms. The van der Waals surface area contributed by atoms with Crippen LogP contribution in [0.3, 0.4) is 0 Å². The number of rotatable bonds is 0. The molecule has 1 aliphatic rings. The molecule has 0 fully saturated rings. The Hall–Kier alpha value is -1.12. The highest BCUT2D eigenvalue weighted by atomic mass is 15.3. The maximum atomic E-state index is 4.32. The van der Waals surface area contributed by atoms with Gasteiger partial charge in [0, 0.05) is 31.1 Å². The molecule has 0 saturated heterocycles. The van der Waals surface area contributed by atoms with Gasteiger partial charge in [0.25, 0.3) is 0 Å². The predicted octanol–water partition coefficient (Wildman–Crippen LogP) is 0.704. The molecule has 0 aliphatic carbocycles. The van der Waals surface area contributed by atoms with E-state index in [4.69, 9.17) is 0 Å². The average molecular weight is 149 g/mol. The zero-order valence-electron chi connectivity index (χ0n) is 6.83. The highest BCUT2D eigenvalue weighted by Gasteiger charge is 2.12. The van der Waals surface area contributed by atoms with E-state index in [1.165, 1.54) is 11.3 Å². The van der Waals surface area contributed by atoms with E-state index in [9.17, 15) is 0 Å². The molecule has 0 atom stereocenters. The molecule has 58 valence electrons. The molecule has 11 heavy (non-hydrogen) atoms. The zero-order chi connectivity index (χ0) is 7.84. The summed E-state index contributed by atoms with van der Waals surface area (Å²) in [4.78, 5) is 4.17. The van der Waals surface area contributed by atoms with E-state index in [1.807, 2.05) is 17.9 Å². The highest BCUT2D eigenvalue weighted by Crippen LogP contribution is 2.14. The smallest absolute Gasteiger partial charge is 0.106 e. The first-order chi connectivity index (χ1) is 5.29. The molecule has 0 unspecified atom stereocenters. The second kappa shape index (κ2) is 2.19. The molecule has 1 aliphatic heterocycles. The molecule has 1 aromatic heterocycles. The van der Waals surface area contributed by atoms with Crippen molar-refractivity contribution in [2.45, 2.75) is 13.3 Å². The van der Waals surface area contributed by atoms with E-state index in [0.717, 1.165) is 18.7 Å². The molecule has 0 radical (unpaired) electrons. The molecule has 3 heteroatoms. The van der Waals surface area contributed by atoms with Gasteiger partial charge in [-0.25, -0.2) is 0 Å². The lowest BCUT2D eigenvalue weighted by Gasteiger charge is -2.02. The van der Waals surface area contributed by atoms with Crippen molar-refractivity contribution in [3.63, 3.8) is 0 Å². The number of aryl methyl sites for hydroxylation is 1. The molecule has 0 N–H and O–H groups in total. The first kappa shape index (κ1) is 6.58. The highest BCUT2D eigenvalue weighted by molar-refractivity contribution is 5.80.